The fourth-order valence-electron chi connectivity index (χ4n) is 1.82. The fourth-order valence-corrected chi connectivity index (χ4v) is 1.82. The monoisotopic (exact) mass is 273 g/mol. The Kier molecular flexibility index (Phi) is 4.84. The molecular formula is C14H19N5O. The molecule has 2 aromatic rings. The smallest absolute Gasteiger partial charge is 0.275 e. The second-order valence-electron chi connectivity index (χ2n) is 4.62. The van der Waals surface area contributed by atoms with Gasteiger partial charge in [-0.05, 0) is 12.6 Å². The minimum atomic E-state index is -0.112. The maximum atomic E-state index is 12.1. The Hall–Kier alpha value is -2.21. The molecule has 0 aliphatic heterocycles. The lowest BCUT2D eigenvalue weighted by molar-refractivity contribution is 0.0791. The first-order chi connectivity index (χ1) is 9.70. The lowest BCUT2D eigenvalue weighted by Gasteiger charge is -2.14. The number of amides is 1. The first kappa shape index (κ1) is 14.2. The second kappa shape index (κ2) is 6.81. The number of nitrogens with zero attached hydrogens (tertiary/aromatic N) is 4. The summed E-state index contributed by atoms with van der Waals surface area (Å²) in [6.45, 7) is 2.00. The SMILES string of the molecule is CNCCN(C)C(=O)c1cn(Cc2ccccc2)nn1. The van der Waals surface area contributed by atoms with Gasteiger partial charge in [0.2, 0.25) is 0 Å². The Balaban J connectivity index is 2.00. The summed E-state index contributed by atoms with van der Waals surface area (Å²) in [5.41, 5.74) is 1.50. The van der Waals surface area contributed by atoms with Gasteiger partial charge in [-0.2, -0.15) is 0 Å². The van der Waals surface area contributed by atoms with Crippen LogP contribution in [0.25, 0.3) is 0 Å². The van der Waals surface area contributed by atoms with E-state index >= 15 is 0 Å². The highest BCUT2D eigenvalue weighted by Gasteiger charge is 2.15. The second-order valence-corrected chi connectivity index (χ2v) is 4.62. The lowest BCUT2D eigenvalue weighted by Crippen LogP contribution is -2.33. The largest absolute Gasteiger partial charge is 0.339 e. The van der Waals surface area contributed by atoms with E-state index < -0.39 is 0 Å². The van der Waals surface area contributed by atoms with Crippen molar-refractivity contribution in [2.75, 3.05) is 27.2 Å². The van der Waals surface area contributed by atoms with Gasteiger partial charge in [0, 0.05) is 20.1 Å². The van der Waals surface area contributed by atoms with E-state index in [4.69, 9.17) is 0 Å². The van der Waals surface area contributed by atoms with Crippen LogP contribution in [0.5, 0.6) is 0 Å². The maximum absolute atomic E-state index is 12.1. The number of carbonyl (C=O) groups excluding carboxylic acids is 1. The van der Waals surface area contributed by atoms with Crippen molar-refractivity contribution in [1.82, 2.24) is 25.2 Å². The van der Waals surface area contributed by atoms with Crippen molar-refractivity contribution in [2.45, 2.75) is 6.54 Å². The number of nitrogens with one attached hydrogen (secondary N) is 1. The predicted octanol–water partition coefficient (Wildman–Crippen LogP) is 0.618. The van der Waals surface area contributed by atoms with Crippen molar-refractivity contribution < 1.29 is 4.79 Å². The zero-order chi connectivity index (χ0) is 14.4. The van der Waals surface area contributed by atoms with Gasteiger partial charge in [-0.15, -0.1) is 5.10 Å². The van der Waals surface area contributed by atoms with E-state index in [0.29, 0.717) is 18.8 Å². The van der Waals surface area contributed by atoms with Gasteiger partial charge >= 0.3 is 0 Å². The summed E-state index contributed by atoms with van der Waals surface area (Å²) in [4.78, 5) is 13.7. The molecule has 1 aromatic carbocycles. The molecule has 0 fully saturated rings. The number of rotatable bonds is 6. The van der Waals surface area contributed by atoms with E-state index in [1.807, 2.05) is 37.4 Å². The molecule has 1 heterocycles. The van der Waals surface area contributed by atoms with Crippen LogP contribution in [-0.2, 0) is 6.54 Å². The van der Waals surface area contributed by atoms with Crippen LogP contribution in [-0.4, -0.2) is 53.0 Å². The summed E-state index contributed by atoms with van der Waals surface area (Å²) < 4.78 is 1.68. The van der Waals surface area contributed by atoms with Crippen LogP contribution in [0.2, 0.25) is 0 Å². The maximum Gasteiger partial charge on any atom is 0.275 e. The van der Waals surface area contributed by atoms with Gasteiger partial charge < -0.3 is 10.2 Å². The number of aromatic nitrogens is 3. The molecule has 20 heavy (non-hydrogen) atoms. The molecule has 2 rings (SSSR count). The summed E-state index contributed by atoms with van der Waals surface area (Å²) in [5, 5.41) is 10.9. The van der Waals surface area contributed by atoms with Crippen LogP contribution in [0.1, 0.15) is 16.1 Å². The summed E-state index contributed by atoms with van der Waals surface area (Å²) >= 11 is 0. The zero-order valence-electron chi connectivity index (χ0n) is 11.8. The Morgan fingerprint density at radius 2 is 2.10 bits per heavy atom. The molecule has 106 valence electrons. The van der Waals surface area contributed by atoms with E-state index in [0.717, 1.165) is 12.1 Å². The molecule has 0 spiro atoms. The quantitative estimate of drug-likeness (QED) is 0.838. The number of likely N-dealkylation sites (N-methyl/N-ethyl adjacent to an activating group) is 2. The molecule has 0 saturated carbocycles. The predicted molar refractivity (Wildman–Crippen MR) is 76.5 cm³/mol. The van der Waals surface area contributed by atoms with Gasteiger partial charge in [0.05, 0.1) is 12.7 Å². The topological polar surface area (TPSA) is 63.1 Å². The molecule has 0 aliphatic carbocycles. The van der Waals surface area contributed by atoms with Crippen molar-refractivity contribution >= 4 is 5.91 Å². The molecular weight excluding hydrogens is 254 g/mol. The average Bonchev–Trinajstić information content (AvgIpc) is 2.93. The standard InChI is InChI=1S/C14H19N5O/c1-15-8-9-18(2)14(20)13-11-19(17-16-13)10-12-6-4-3-5-7-12/h3-7,11,15H,8-10H2,1-2H3. The minimum Gasteiger partial charge on any atom is -0.339 e. The third-order valence-corrected chi connectivity index (χ3v) is 2.99. The lowest BCUT2D eigenvalue weighted by atomic mass is 10.2. The van der Waals surface area contributed by atoms with Crippen LogP contribution in [0.4, 0.5) is 0 Å². The van der Waals surface area contributed by atoms with E-state index in [1.54, 1.807) is 22.8 Å². The van der Waals surface area contributed by atoms with Crippen LogP contribution in [0, 0.1) is 0 Å². The Morgan fingerprint density at radius 3 is 2.80 bits per heavy atom. The van der Waals surface area contributed by atoms with Gasteiger partial charge in [-0.25, -0.2) is 4.68 Å². The highest BCUT2D eigenvalue weighted by molar-refractivity contribution is 5.91. The van der Waals surface area contributed by atoms with Crippen LogP contribution >= 0.6 is 0 Å². The van der Waals surface area contributed by atoms with Crippen molar-refractivity contribution in [3.63, 3.8) is 0 Å². The van der Waals surface area contributed by atoms with Gasteiger partial charge in [0.25, 0.3) is 5.91 Å². The molecule has 1 amide bonds. The van der Waals surface area contributed by atoms with E-state index in [1.165, 1.54) is 0 Å². The molecule has 6 heteroatoms. The van der Waals surface area contributed by atoms with Crippen molar-refractivity contribution in [3.8, 4) is 0 Å². The zero-order valence-corrected chi connectivity index (χ0v) is 11.8. The summed E-state index contributed by atoms with van der Waals surface area (Å²) in [5.74, 6) is -0.112. The summed E-state index contributed by atoms with van der Waals surface area (Å²) in [7, 11) is 3.62. The van der Waals surface area contributed by atoms with Gasteiger partial charge in [0.15, 0.2) is 5.69 Å². The highest BCUT2D eigenvalue weighted by atomic mass is 16.2. The molecule has 0 aliphatic rings. The minimum absolute atomic E-state index is 0.112. The van der Waals surface area contributed by atoms with E-state index in [9.17, 15) is 4.79 Å². The highest BCUT2D eigenvalue weighted by Crippen LogP contribution is 2.03. The first-order valence-electron chi connectivity index (χ1n) is 6.55. The molecule has 1 aromatic heterocycles. The molecule has 1 N–H and O–H groups in total. The Bertz CT molecular complexity index is 552. The van der Waals surface area contributed by atoms with Gasteiger partial charge in [-0.1, -0.05) is 35.5 Å². The number of carbonyl (C=O) groups is 1. The Morgan fingerprint density at radius 1 is 1.35 bits per heavy atom. The van der Waals surface area contributed by atoms with Crippen molar-refractivity contribution in [2.24, 2.45) is 0 Å². The number of hydrogen-bond donors (Lipinski definition) is 1. The summed E-state index contributed by atoms with van der Waals surface area (Å²) in [6.07, 6.45) is 1.69. The molecule has 6 nitrogen and oxygen atoms in total. The van der Waals surface area contributed by atoms with Crippen LogP contribution in [0.15, 0.2) is 36.5 Å². The third kappa shape index (κ3) is 3.64. The third-order valence-electron chi connectivity index (χ3n) is 2.99. The Labute approximate surface area is 118 Å². The molecule has 0 radical (unpaired) electrons. The van der Waals surface area contributed by atoms with Crippen molar-refractivity contribution in [3.05, 3.63) is 47.8 Å². The van der Waals surface area contributed by atoms with Crippen LogP contribution in [0.3, 0.4) is 0 Å². The van der Waals surface area contributed by atoms with E-state index in [-0.39, 0.29) is 5.91 Å². The summed E-state index contributed by atoms with van der Waals surface area (Å²) in [6, 6.07) is 9.95. The molecule has 0 atom stereocenters. The molecule has 0 saturated heterocycles. The van der Waals surface area contributed by atoms with E-state index in [2.05, 4.69) is 15.6 Å². The average molecular weight is 273 g/mol. The first-order valence-corrected chi connectivity index (χ1v) is 6.55. The van der Waals surface area contributed by atoms with Crippen molar-refractivity contribution in [1.29, 1.82) is 0 Å². The van der Waals surface area contributed by atoms with Gasteiger partial charge in [-0.3, -0.25) is 4.79 Å². The number of hydrogen-bond acceptors (Lipinski definition) is 4. The fraction of sp³-hybridized carbons (Fsp3) is 0.357. The molecule has 0 bridgehead atoms. The number of benzene rings is 1. The van der Waals surface area contributed by atoms with Gasteiger partial charge in [0.1, 0.15) is 0 Å². The normalized spacial score (nSPS) is 10.5. The molecule has 0 unspecified atom stereocenters. The van der Waals surface area contributed by atoms with Crippen LogP contribution < -0.4 is 5.32 Å².